The summed E-state index contributed by atoms with van der Waals surface area (Å²) >= 11 is 5.58. The van der Waals surface area contributed by atoms with Crippen LogP contribution in [0.5, 0.6) is 0 Å². The molecule has 0 rings (SSSR count). The second-order valence-electron chi connectivity index (χ2n) is 2.97. The maximum atomic E-state index is 11.6. The lowest BCUT2D eigenvalue weighted by atomic mass is 10.0. The highest BCUT2D eigenvalue weighted by molar-refractivity contribution is 6.35. The molecular formula is C12H11ClO6. The van der Waals surface area contributed by atoms with Gasteiger partial charge in [0.2, 0.25) is 0 Å². The van der Waals surface area contributed by atoms with Crippen LogP contribution < -0.4 is 0 Å². The number of carboxylic acid groups (broad SMARTS) is 1. The van der Waals surface area contributed by atoms with Crippen molar-refractivity contribution in [1.82, 2.24) is 0 Å². The first-order valence-electron chi connectivity index (χ1n) is 4.78. The van der Waals surface area contributed by atoms with Crippen LogP contribution in [0.3, 0.4) is 0 Å². The van der Waals surface area contributed by atoms with Gasteiger partial charge in [-0.15, -0.1) is 0 Å². The van der Waals surface area contributed by atoms with E-state index in [1.54, 1.807) is 0 Å². The van der Waals surface area contributed by atoms with E-state index >= 15 is 0 Å². The smallest absolute Gasteiger partial charge is 0.344 e. The van der Waals surface area contributed by atoms with Gasteiger partial charge < -0.3 is 14.6 Å². The van der Waals surface area contributed by atoms with Gasteiger partial charge in [-0.1, -0.05) is 31.3 Å². The van der Waals surface area contributed by atoms with Gasteiger partial charge in [-0.25, -0.2) is 9.59 Å². The van der Waals surface area contributed by atoms with Crippen molar-refractivity contribution in [3.63, 3.8) is 0 Å². The molecular weight excluding hydrogens is 276 g/mol. The van der Waals surface area contributed by atoms with Gasteiger partial charge in [0.1, 0.15) is 0 Å². The zero-order chi connectivity index (χ0) is 15.0. The number of carbonyl (C=O) groups excluding carboxylic acids is 2. The summed E-state index contributed by atoms with van der Waals surface area (Å²) in [7, 11) is 0. The van der Waals surface area contributed by atoms with Gasteiger partial charge in [0.15, 0.2) is 0 Å². The molecule has 0 aromatic carbocycles. The molecule has 0 fully saturated rings. The van der Waals surface area contributed by atoms with Crippen LogP contribution in [0.25, 0.3) is 0 Å². The van der Waals surface area contributed by atoms with Crippen molar-refractivity contribution < 1.29 is 29.0 Å². The van der Waals surface area contributed by atoms with Crippen LogP contribution in [0.1, 0.15) is 6.42 Å². The van der Waals surface area contributed by atoms with E-state index in [1.807, 2.05) is 0 Å². The molecule has 0 aliphatic carbocycles. The second-order valence-corrected chi connectivity index (χ2v) is 3.43. The molecule has 0 spiro atoms. The zero-order valence-electron chi connectivity index (χ0n) is 9.85. The van der Waals surface area contributed by atoms with E-state index in [-0.39, 0.29) is 5.03 Å². The predicted molar refractivity (Wildman–Crippen MR) is 66.8 cm³/mol. The Kier molecular flexibility index (Phi) is 6.91. The van der Waals surface area contributed by atoms with Gasteiger partial charge in [0, 0.05) is 5.03 Å². The minimum Gasteiger partial charge on any atom is -0.481 e. The molecule has 19 heavy (non-hydrogen) atoms. The van der Waals surface area contributed by atoms with Gasteiger partial charge in [-0.3, -0.25) is 4.79 Å². The minimum atomic E-state index is -1.36. The molecule has 102 valence electrons. The molecule has 0 unspecified atom stereocenters. The maximum Gasteiger partial charge on any atom is 0.344 e. The predicted octanol–water partition coefficient (Wildman–Crippen LogP) is 1.88. The Morgan fingerprint density at radius 2 is 1.58 bits per heavy atom. The van der Waals surface area contributed by atoms with Crippen molar-refractivity contribution in [2.45, 2.75) is 6.42 Å². The molecule has 0 saturated heterocycles. The van der Waals surface area contributed by atoms with Crippen molar-refractivity contribution in [2.24, 2.45) is 0 Å². The quantitative estimate of drug-likeness (QED) is 0.333. The van der Waals surface area contributed by atoms with E-state index in [9.17, 15) is 14.4 Å². The molecule has 0 aliphatic rings. The molecule has 0 saturated carbocycles. The number of hydrogen-bond donors (Lipinski definition) is 1. The molecule has 0 aliphatic heterocycles. The molecule has 0 heterocycles. The Hall–Kier alpha value is -2.34. The summed E-state index contributed by atoms with van der Waals surface area (Å²) in [4.78, 5) is 33.9. The van der Waals surface area contributed by atoms with Crippen molar-refractivity contribution in [2.75, 3.05) is 0 Å². The largest absolute Gasteiger partial charge is 0.481 e. The highest BCUT2D eigenvalue weighted by atomic mass is 35.5. The van der Waals surface area contributed by atoms with Crippen LogP contribution >= 0.6 is 11.6 Å². The molecule has 6 nitrogen and oxygen atoms in total. The Bertz CT molecular complexity index is 475. The van der Waals surface area contributed by atoms with Gasteiger partial charge in [0.05, 0.1) is 30.1 Å². The topological polar surface area (TPSA) is 89.9 Å². The lowest BCUT2D eigenvalue weighted by Gasteiger charge is -2.09. The Labute approximate surface area is 114 Å². The lowest BCUT2D eigenvalue weighted by Crippen LogP contribution is -2.17. The van der Waals surface area contributed by atoms with Crippen LogP contribution in [-0.2, 0) is 23.9 Å². The van der Waals surface area contributed by atoms with Crippen LogP contribution in [0.2, 0.25) is 0 Å². The minimum absolute atomic E-state index is 0.357. The molecule has 1 N–H and O–H groups in total. The summed E-state index contributed by atoms with van der Waals surface area (Å²) in [5.41, 5.74) is -0.991. The molecule has 0 amide bonds. The standard InChI is InChI=1S/C12H11ClO6/c1-4-18-11(16)8(6-9(14)15)10(7(3)13)12(17)19-5-2/h4-5H,1-3,6H2,(H,14,15). The van der Waals surface area contributed by atoms with E-state index in [1.165, 1.54) is 0 Å². The van der Waals surface area contributed by atoms with Crippen LogP contribution in [0, 0.1) is 0 Å². The van der Waals surface area contributed by atoms with Crippen molar-refractivity contribution in [3.05, 3.63) is 48.4 Å². The summed E-state index contributed by atoms with van der Waals surface area (Å²) in [6.45, 7) is 9.58. The number of carboxylic acids is 1. The fourth-order valence-electron chi connectivity index (χ4n) is 1.09. The summed E-state index contributed by atoms with van der Waals surface area (Å²) < 4.78 is 8.89. The molecule has 0 aromatic rings. The van der Waals surface area contributed by atoms with Crippen molar-refractivity contribution in [1.29, 1.82) is 0 Å². The first-order chi connectivity index (χ1) is 8.84. The normalized spacial score (nSPS) is 10.8. The first kappa shape index (κ1) is 16.7. The van der Waals surface area contributed by atoms with Crippen molar-refractivity contribution >= 4 is 29.5 Å². The van der Waals surface area contributed by atoms with E-state index in [2.05, 4.69) is 29.2 Å². The molecule has 7 heteroatoms. The number of ether oxygens (including phenoxy) is 2. The Morgan fingerprint density at radius 3 is 1.95 bits per heavy atom. The van der Waals surface area contributed by atoms with Crippen molar-refractivity contribution in [3.8, 4) is 0 Å². The third-order valence-corrected chi connectivity index (χ3v) is 1.92. The van der Waals surface area contributed by atoms with E-state index < -0.39 is 35.5 Å². The lowest BCUT2D eigenvalue weighted by molar-refractivity contribution is -0.140. The third kappa shape index (κ3) is 5.22. The molecule has 0 bridgehead atoms. The average Bonchev–Trinajstić information content (AvgIpc) is 2.27. The Balaban J connectivity index is 5.82. The van der Waals surface area contributed by atoms with Gasteiger partial charge in [-0.2, -0.15) is 0 Å². The van der Waals surface area contributed by atoms with E-state index in [4.69, 9.17) is 16.7 Å². The Morgan fingerprint density at radius 1 is 1.11 bits per heavy atom. The first-order valence-corrected chi connectivity index (χ1v) is 5.16. The highest BCUT2D eigenvalue weighted by Crippen LogP contribution is 2.22. The van der Waals surface area contributed by atoms with Gasteiger partial charge in [0.25, 0.3) is 0 Å². The van der Waals surface area contributed by atoms with Crippen LogP contribution in [0.4, 0.5) is 0 Å². The molecule has 0 radical (unpaired) electrons. The molecule has 0 aromatic heterocycles. The number of rotatable bonds is 7. The van der Waals surface area contributed by atoms with E-state index in [0.717, 1.165) is 12.5 Å². The van der Waals surface area contributed by atoms with Crippen LogP contribution in [-0.4, -0.2) is 23.0 Å². The monoisotopic (exact) mass is 286 g/mol. The fraction of sp³-hybridized carbons (Fsp3) is 0.0833. The van der Waals surface area contributed by atoms with Crippen LogP contribution in [0.15, 0.2) is 48.4 Å². The summed E-state index contributed by atoms with van der Waals surface area (Å²) in [6.07, 6.45) is 0.803. The van der Waals surface area contributed by atoms with E-state index in [0.29, 0.717) is 0 Å². The fourth-order valence-corrected chi connectivity index (χ4v) is 1.28. The molecule has 0 atom stereocenters. The third-order valence-electron chi connectivity index (χ3n) is 1.73. The average molecular weight is 287 g/mol. The summed E-state index contributed by atoms with van der Waals surface area (Å²) in [5.74, 6) is -3.51. The number of carbonyl (C=O) groups is 3. The second kappa shape index (κ2) is 7.88. The maximum absolute atomic E-state index is 11.6. The number of hydrogen-bond acceptors (Lipinski definition) is 5. The highest BCUT2D eigenvalue weighted by Gasteiger charge is 2.26. The number of esters is 2. The summed E-state index contributed by atoms with van der Waals surface area (Å²) in [6, 6.07) is 0. The van der Waals surface area contributed by atoms with Gasteiger partial charge >= 0.3 is 17.9 Å². The summed E-state index contributed by atoms with van der Waals surface area (Å²) in [5, 5.41) is 8.37. The van der Waals surface area contributed by atoms with Gasteiger partial charge in [-0.05, 0) is 0 Å². The zero-order valence-corrected chi connectivity index (χ0v) is 10.6. The number of halogens is 1. The SMILES string of the molecule is C=COC(=O)C(CC(=O)O)=C(C(=C)Cl)C(=O)OC=C. The number of aliphatic carboxylic acids is 1.